The van der Waals surface area contributed by atoms with Crippen LogP contribution < -0.4 is 4.74 Å². The van der Waals surface area contributed by atoms with Gasteiger partial charge in [0.15, 0.2) is 12.4 Å². The number of nitrogens with zero attached hydrogens (tertiary/aromatic N) is 1. The summed E-state index contributed by atoms with van der Waals surface area (Å²) in [6.07, 6.45) is 0. The van der Waals surface area contributed by atoms with Crippen LogP contribution in [-0.2, 0) is 14.8 Å². The summed E-state index contributed by atoms with van der Waals surface area (Å²) in [5, 5.41) is 0.0228. The molecule has 0 saturated carbocycles. The fourth-order valence-electron chi connectivity index (χ4n) is 2.10. The molecule has 2 aromatic carbocycles. The maximum absolute atomic E-state index is 12.3. The smallest absolute Gasteiger partial charge is 0.340 e. The molecule has 0 spiro atoms. The van der Waals surface area contributed by atoms with Gasteiger partial charge in [0.05, 0.1) is 22.6 Å². The molecule has 0 aliphatic rings. The minimum Gasteiger partial charge on any atom is -0.497 e. The predicted molar refractivity (Wildman–Crippen MR) is 99.9 cm³/mol. The van der Waals surface area contributed by atoms with Crippen molar-refractivity contribution < 1.29 is 27.5 Å². The van der Waals surface area contributed by atoms with Crippen molar-refractivity contribution in [3.63, 3.8) is 0 Å². The third-order valence-corrected chi connectivity index (χ3v) is 5.82. The van der Waals surface area contributed by atoms with Crippen LogP contribution >= 0.6 is 11.6 Å². The Labute approximate surface area is 162 Å². The molecule has 2 aromatic rings. The summed E-state index contributed by atoms with van der Waals surface area (Å²) in [6, 6.07) is 10.0. The molecule has 0 saturated heterocycles. The Morgan fingerprint density at radius 2 is 1.70 bits per heavy atom. The first kappa shape index (κ1) is 20.9. The van der Waals surface area contributed by atoms with Crippen LogP contribution in [0.3, 0.4) is 0 Å². The van der Waals surface area contributed by atoms with E-state index in [0.29, 0.717) is 11.3 Å². The van der Waals surface area contributed by atoms with Crippen molar-refractivity contribution in [2.75, 3.05) is 27.8 Å². The molecule has 0 fully saturated rings. The molecule has 0 radical (unpaired) electrons. The van der Waals surface area contributed by atoms with Crippen LogP contribution in [0.25, 0.3) is 0 Å². The van der Waals surface area contributed by atoms with Crippen LogP contribution in [-0.4, -0.2) is 52.3 Å². The lowest BCUT2D eigenvalue weighted by Crippen LogP contribution is -2.22. The molecule has 0 N–H and O–H groups in total. The summed E-state index contributed by atoms with van der Waals surface area (Å²) in [5.41, 5.74) is 0.209. The van der Waals surface area contributed by atoms with Gasteiger partial charge in [-0.25, -0.2) is 17.5 Å². The van der Waals surface area contributed by atoms with Gasteiger partial charge in [0, 0.05) is 19.7 Å². The summed E-state index contributed by atoms with van der Waals surface area (Å²) in [6.45, 7) is -0.508. The molecule has 27 heavy (non-hydrogen) atoms. The van der Waals surface area contributed by atoms with Crippen LogP contribution in [0.2, 0.25) is 5.02 Å². The van der Waals surface area contributed by atoms with E-state index in [1.165, 1.54) is 33.3 Å². The van der Waals surface area contributed by atoms with Gasteiger partial charge in [0.25, 0.3) is 0 Å². The van der Waals surface area contributed by atoms with Gasteiger partial charge in [0.2, 0.25) is 10.0 Å². The number of esters is 1. The second-order valence-electron chi connectivity index (χ2n) is 5.66. The van der Waals surface area contributed by atoms with Crippen molar-refractivity contribution in [3.05, 3.63) is 58.6 Å². The van der Waals surface area contributed by atoms with E-state index in [-0.39, 0.29) is 15.5 Å². The lowest BCUT2D eigenvalue weighted by molar-refractivity contribution is 0.0474. The number of methoxy groups -OCH3 is 1. The molecule has 9 heteroatoms. The highest BCUT2D eigenvalue weighted by Crippen LogP contribution is 2.23. The molecule has 0 atom stereocenters. The van der Waals surface area contributed by atoms with Gasteiger partial charge in [-0.15, -0.1) is 0 Å². The number of hydrogen-bond donors (Lipinski definition) is 0. The largest absolute Gasteiger partial charge is 0.497 e. The number of carbonyl (C=O) groups excluding carboxylic acids is 2. The zero-order valence-electron chi connectivity index (χ0n) is 14.9. The number of sulfonamides is 1. The number of ether oxygens (including phenoxy) is 2. The fraction of sp³-hybridized carbons (Fsp3) is 0.222. The average molecular weight is 412 g/mol. The van der Waals surface area contributed by atoms with Gasteiger partial charge in [-0.05, 0) is 42.5 Å². The molecule has 2 rings (SSSR count). The highest BCUT2D eigenvalue weighted by molar-refractivity contribution is 7.89. The van der Waals surface area contributed by atoms with E-state index in [4.69, 9.17) is 21.1 Å². The summed E-state index contributed by atoms with van der Waals surface area (Å²) < 4.78 is 35.4. The van der Waals surface area contributed by atoms with Crippen LogP contribution in [0.15, 0.2) is 47.4 Å². The molecule has 0 aliphatic heterocycles. The highest BCUT2D eigenvalue weighted by Gasteiger charge is 2.22. The quantitative estimate of drug-likeness (QED) is 0.514. The number of carbonyl (C=O) groups is 2. The monoisotopic (exact) mass is 411 g/mol. The first-order valence-electron chi connectivity index (χ1n) is 7.73. The number of benzene rings is 2. The second-order valence-corrected chi connectivity index (χ2v) is 8.22. The number of ketones is 1. The predicted octanol–water partition coefficient (Wildman–Crippen LogP) is 2.64. The molecule has 0 heterocycles. The summed E-state index contributed by atoms with van der Waals surface area (Å²) in [5.74, 6) is -0.717. The van der Waals surface area contributed by atoms with E-state index < -0.39 is 28.4 Å². The van der Waals surface area contributed by atoms with E-state index in [1.54, 1.807) is 24.3 Å². The first-order valence-corrected chi connectivity index (χ1v) is 9.55. The van der Waals surface area contributed by atoms with Crippen molar-refractivity contribution in [1.29, 1.82) is 0 Å². The molecular formula is C18H18ClNO6S. The molecule has 0 aliphatic carbocycles. The second kappa shape index (κ2) is 8.51. The van der Waals surface area contributed by atoms with E-state index in [2.05, 4.69) is 0 Å². The van der Waals surface area contributed by atoms with E-state index in [9.17, 15) is 18.0 Å². The third kappa shape index (κ3) is 4.85. The van der Waals surface area contributed by atoms with E-state index >= 15 is 0 Å². The van der Waals surface area contributed by atoms with Crippen molar-refractivity contribution >= 4 is 33.4 Å². The highest BCUT2D eigenvalue weighted by atomic mass is 35.5. The summed E-state index contributed by atoms with van der Waals surface area (Å²) in [7, 11) is 0.505. The molecule has 0 bridgehead atoms. The molecule has 7 nitrogen and oxygen atoms in total. The van der Waals surface area contributed by atoms with Crippen LogP contribution in [0.5, 0.6) is 5.75 Å². The lowest BCUT2D eigenvalue weighted by Gasteiger charge is -2.13. The van der Waals surface area contributed by atoms with Crippen LogP contribution in [0.4, 0.5) is 0 Å². The van der Waals surface area contributed by atoms with Gasteiger partial charge < -0.3 is 9.47 Å². The van der Waals surface area contributed by atoms with Gasteiger partial charge in [-0.2, -0.15) is 0 Å². The maximum atomic E-state index is 12.3. The van der Waals surface area contributed by atoms with Gasteiger partial charge >= 0.3 is 5.97 Å². The molecule has 0 aromatic heterocycles. The Morgan fingerprint density at radius 3 is 2.26 bits per heavy atom. The van der Waals surface area contributed by atoms with Crippen molar-refractivity contribution in [2.45, 2.75) is 4.90 Å². The Hall–Kier alpha value is -2.42. The Morgan fingerprint density at radius 1 is 1.07 bits per heavy atom. The molecule has 144 valence electrons. The van der Waals surface area contributed by atoms with Crippen molar-refractivity contribution in [3.8, 4) is 5.75 Å². The number of rotatable bonds is 7. The molecular weight excluding hydrogens is 394 g/mol. The van der Waals surface area contributed by atoms with Crippen LogP contribution in [0, 0.1) is 0 Å². The number of halogens is 1. The normalized spacial score (nSPS) is 11.3. The number of Topliss-reactive ketones (excluding diaryl/α,β-unsaturated/α-hetero) is 1. The third-order valence-electron chi connectivity index (χ3n) is 3.68. The Kier molecular flexibility index (Phi) is 6.59. The molecule has 0 unspecified atom stereocenters. The zero-order chi connectivity index (χ0) is 20.2. The van der Waals surface area contributed by atoms with Crippen molar-refractivity contribution in [1.82, 2.24) is 4.31 Å². The van der Waals surface area contributed by atoms with Gasteiger partial charge in [0.1, 0.15) is 5.75 Å². The average Bonchev–Trinajstić information content (AvgIpc) is 2.65. The Bertz CT molecular complexity index is 954. The van der Waals surface area contributed by atoms with Gasteiger partial charge in [-0.3, -0.25) is 4.79 Å². The minimum absolute atomic E-state index is 0.0228. The minimum atomic E-state index is -3.74. The lowest BCUT2D eigenvalue weighted by atomic mass is 10.1. The first-order chi connectivity index (χ1) is 12.7. The molecule has 0 amide bonds. The standard InChI is InChI=1S/C18H18ClNO6S/c1-20(2)27(23,24)14-8-9-16(19)15(10-14)18(22)26-11-17(21)12-4-6-13(25-3)7-5-12/h4-10H,11H2,1-3H3. The van der Waals surface area contributed by atoms with E-state index in [0.717, 1.165) is 10.4 Å². The van der Waals surface area contributed by atoms with Crippen LogP contribution in [0.1, 0.15) is 20.7 Å². The van der Waals surface area contributed by atoms with E-state index in [1.807, 2.05) is 0 Å². The maximum Gasteiger partial charge on any atom is 0.340 e. The fourth-order valence-corrected chi connectivity index (χ4v) is 3.22. The summed E-state index contributed by atoms with van der Waals surface area (Å²) >= 11 is 5.98. The Balaban J connectivity index is 2.14. The SMILES string of the molecule is COc1ccc(C(=O)COC(=O)c2cc(S(=O)(=O)N(C)C)ccc2Cl)cc1. The number of hydrogen-bond acceptors (Lipinski definition) is 6. The zero-order valence-corrected chi connectivity index (χ0v) is 16.5. The van der Waals surface area contributed by atoms with Gasteiger partial charge in [-0.1, -0.05) is 11.6 Å². The topological polar surface area (TPSA) is 90.0 Å². The van der Waals surface area contributed by atoms with Crippen molar-refractivity contribution in [2.24, 2.45) is 0 Å². The summed E-state index contributed by atoms with van der Waals surface area (Å²) in [4.78, 5) is 24.3.